The van der Waals surface area contributed by atoms with E-state index in [0.717, 1.165) is 6.20 Å². The summed E-state index contributed by atoms with van der Waals surface area (Å²) in [7, 11) is 1.58. The van der Waals surface area contributed by atoms with Gasteiger partial charge in [-0.25, -0.2) is 0 Å². The van der Waals surface area contributed by atoms with Gasteiger partial charge in [-0.15, -0.1) is 0 Å². The van der Waals surface area contributed by atoms with E-state index in [1.807, 2.05) is 0 Å². The summed E-state index contributed by atoms with van der Waals surface area (Å²) in [6.45, 7) is 0.244. The first-order valence-corrected chi connectivity index (χ1v) is 6.04. The predicted octanol–water partition coefficient (Wildman–Crippen LogP) is 1.22. The van der Waals surface area contributed by atoms with Gasteiger partial charge in [0.25, 0.3) is 0 Å². The topological polar surface area (TPSA) is 139 Å². The Kier molecular flexibility index (Phi) is 4.18. The molecule has 2 heterocycles. The lowest BCUT2D eigenvalue weighted by atomic mass is 10.0. The molecule has 1 aromatic rings. The third-order valence-electron chi connectivity index (χ3n) is 3.30. The lowest BCUT2D eigenvalue weighted by Crippen LogP contribution is -2.24. The fourth-order valence-electron chi connectivity index (χ4n) is 2.31. The summed E-state index contributed by atoms with van der Waals surface area (Å²) in [4.78, 5) is 13.1. The molecule has 1 unspecified atom stereocenters. The van der Waals surface area contributed by atoms with Gasteiger partial charge in [0.05, 0.1) is 17.1 Å². The van der Waals surface area contributed by atoms with E-state index in [0.29, 0.717) is 12.1 Å². The van der Waals surface area contributed by atoms with Crippen LogP contribution in [0.1, 0.15) is 24.6 Å². The van der Waals surface area contributed by atoms with E-state index < -0.39 is 23.2 Å². The number of azide groups is 1. The van der Waals surface area contributed by atoms with Crippen LogP contribution in [0.5, 0.6) is 0 Å². The van der Waals surface area contributed by atoms with Crippen molar-refractivity contribution in [2.24, 2.45) is 12.2 Å². The molecule has 0 aromatic carbocycles. The van der Waals surface area contributed by atoms with E-state index in [2.05, 4.69) is 15.1 Å². The van der Waals surface area contributed by atoms with Crippen molar-refractivity contribution in [2.45, 2.75) is 31.1 Å². The monoisotopic (exact) mass is 282 g/mol. The molecule has 10 nitrogen and oxygen atoms in total. The highest BCUT2D eigenvalue weighted by atomic mass is 16.6. The highest BCUT2D eigenvalue weighted by Crippen LogP contribution is 2.33. The third kappa shape index (κ3) is 2.72. The van der Waals surface area contributed by atoms with Gasteiger partial charge in [0.15, 0.2) is 0 Å². The maximum Gasteiger partial charge on any atom is 0.312 e. The molecule has 1 saturated heterocycles. The summed E-state index contributed by atoms with van der Waals surface area (Å²) in [5, 5.41) is 28.4. The summed E-state index contributed by atoms with van der Waals surface area (Å²) in [6, 6.07) is -0.586. The Morgan fingerprint density at radius 2 is 2.50 bits per heavy atom. The minimum absolute atomic E-state index is 0.115. The number of nitrogens with zero attached hydrogens (tertiary/aromatic N) is 6. The Morgan fingerprint density at radius 1 is 1.75 bits per heavy atom. The molecule has 20 heavy (non-hydrogen) atoms. The molecule has 0 spiro atoms. The van der Waals surface area contributed by atoms with Crippen LogP contribution in [0.3, 0.4) is 0 Å². The van der Waals surface area contributed by atoms with Gasteiger partial charge in [-0.1, -0.05) is 5.11 Å². The highest BCUT2D eigenvalue weighted by Gasteiger charge is 2.33. The molecule has 3 atom stereocenters. The fourth-order valence-corrected chi connectivity index (χ4v) is 2.31. The lowest BCUT2D eigenvalue weighted by Gasteiger charge is -2.18. The summed E-state index contributed by atoms with van der Waals surface area (Å²) in [5.41, 5.74) is 8.60. The quantitative estimate of drug-likeness (QED) is 0.292. The number of ether oxygens (including phenoxy) is 1. The molecular formula is C10H14N6O4. The van der Waals surface area contributed by atoms with Gasteiger partial charge in [0.2, 0.25) is 0 Å². The SMILES string of the molecule is Cn1ncc([N+](=O)[O-])c1C1C[C@H](O)[C@@H](N=[N+]=[N-])CCO1. The van der Waals surface area contributed by atoms with E-state index in [1.54, 1.807) is 7.05 Å². The second-order valence-electron chi connectivity index (χ2n) is 4.52. The van der Waals surface area contributed by atoms with Gasteiger partial charge in [-0.3, -0.25) is 14.8 Å². The zero-order valence-electron chi connectivity index (χ0n) is 10.8. The Labute approximate surface area is 113 Å². The van der Waals surface area contributed by atoms with Crippen molar-refractivity contribution >= 4 is 5.69 Å². The van der Waals surface area contributed by atoms with Crippen LogP contribution >= 0.6 is 0 Å². The van der Waals surface area contributed by atoms with Gasteiger partial charge in [-0.2, -0.15) is 5.10 Å². The Morgan fingerprint density at radius 3 is 3.15 bits per heavy atom. The van der Waals surface area contributed by atoms with Crippen molar-refractivity contribution in [1.82, 2.24) is 9.78 Å². The fraction of sp³-hybridized carbons (Fsp3) is 0.700. The number of hydrogen-bond acceptors (Lipinski definition) is 6. The average Bonchev–Trinajstić information content (AvgIpc) is 2.69. The standard InChI is InChI=1S/C10H14N6O4/c1-15-10(7(5-12-15)16(18)19)9-4-8(17)6(13-14-11)2-3-20-9/h5-6,8-9,17H,2-4H2,1H3/t6-,8-,9?/m0/s1. The maximum atomic E-state index is 11.0. The van der Waals surface area contributed by atoms with Crippen molar-refractivity contribution < 1.29 is 14.8 Å². The van der Waals surface area contributed by atoms with E-state index in [4.69, 9.17) is 10.3 Å². The number of aliphatic hydroxyl groups is 1. The molecule has 1 N–H and O–H groups in total. The average molecular weight is 282 g/mol. The van der Waals surface area contributed by atoms with Crippen LogP contribution in [-0.4, -0.2) is 38.6 Å². The lowest BCUT2D eigenvalue weighted by molar-refractivity contribution is -0.386. The van der Waals surface area contributed by atoms with Crippen molar-refractivity contribution in [3.63, 3.8) is 0 Å². The van der Waals surface area contributed by atoms with Crippen molar-refractivity contribution in [2.75, 3.05) is 6.61 Å². The molecule has 0 aliphatic carbocycles. The van der Waals surface area contributed by atoms with E-state index in [1.165, 1.54) is 4.68 Å². The predicted molar refractivity (Wildman–Crippen MR) is 66.7 cm³/mol. The van der Waals surface area contributed by atoms with E-state index in [9.17, 15) is 15.2 Å². The number of aryl methyl sites for hydroxylation is 1. The van der Waals surface area contributed by atoms with Gasteiger partial charge < -0.3 is 9.84 Å². The van der Waals surface area contributed by atoms with Gasteiger partial charge in [0, 0.05) is 25.0 Å². The van der Waals surface area contributed by atoms with E-state index in [-0.39, 0.29) is 18.7 Å². The Bertz CT molecular complexity index is 552. The first-order chi connectivity index (χ1) is 9.54. The first kappa shape index (κ1) is 14.3. The molecule has 0 saturated carbocycles. The second-order valence-corrected chi connectivity index (χ2v) is 4.52. The number of aliphatic hydroxyl groups excluding tert-OH is 1. The van der Waals surface area contributed by atoms with Crippen LogP contribution in [0, 0.1) is 10.1 Å². The third-order valence-corrected chi connectivity index (χ3v) is 3.30. The molecule has 0 radical (unpaired) electrons. The maximum absolute atomic E-state index is 11.0. The molecular weight excluding hydrogens is 268 g/mol. The van der Waals surface area contributed by atoms with Crippen LogP contribution in [0.2, 0.25) is 0 Å². The molecule has 10 heteroatoms. The normalized spacial score (nSPS) is 26.6. The molecule has 1 aliphatic rings. The number of nitro groups is 1. The van der Waals surface area contributed by atoms with Crippen LogP contribution in [-0.2, 0) is 11.8 Å². The summed E-state index contributed by atoms with van der Waals surface area (Å²) < 4.78 is 6.92. The van der Waals surface area contributed by atoms with Crippen LogP contribution in [0.15, 0.2) is 11.3 Å². The molecule has 1 aromatic heterocycles. The molecule has 2 rings (SSSR count). The van der Waals surface area contributed by atoms with Crippen molar-refractivity contribution in [3.05, 3.63) is 32.4 Å². The number of hydrogen-bond donors (Lipinski definition) is 1. The molecule has 108 valence electrons. The first-order valence-electron chi connectivity index (χ1n) is 6.04. The minimum Gasteiger partial charge on any atom is -0.393 e. The molecule has 0 bridgehead atoms. The summed E-state index contributed by atoms with van der Waals surface area (Å²) in [5.74, 6) is 0. The number of rotatable bonds is 3. The van der Waals surface area contributed by atoms with Crippen LogP contribution in [0.4, 0.5) is 5.69 Å². The van der Waals surface area contributed by atoms with Gasteiger partial charge >= 0.3 is 5.69 Å². The molecule has 0 amide bonds. The van der Waals surface area contributed by atoms with Gasteiger partial charge in [0.1, 0.15) is 18.0 Å². The Balaban J connectivity index is 2.28. The highest BCUT2D eigenvalue weighted by molar-refractivity contribution is 5.35. The zero-order chi connectivity index (χ0) is 14.7. The minimum atomic E-state index is -0.909. The molecule has 1 fully saturated rings. The van der Waals surface area contributed by atoms with Crippen molar-refractivity contribution in [1.29, 1.82) is 0 Å². The van der Waals surface area contributed by atoms with Crippen LogP contribution < -0.4 is 0 Å². The smallest absolute Gasteiger partial charge is 0.312 e. The van der Waals surface area contributed by atoms with Crippen LogP contribution in [0.25, 0.3) is 10.4 Å². The summed E-state index contributed by atoms with van der Waals surface area (Å²) >= 11 is 0. The van der Waals surface area contributed by atoms with E-state index >= 15 is 0 Å². The van der Waals surface area contributed by atoms with Gasteiger partial charge in [-0.05, 0) is 12.0 Å². The largest absolute Gasteiger partial charge is 0.393 e. The Hall–Kier alpha value is -2.16. The summed E-state index contributed by atoms with van der Waals surface area (Å²) in [6.07, 6.45) is 0.0721. The second kappa shape index (κ2) is 5.87. The van der Waals surface area contributed by atoms with Crippen molar-refractivity contribution in [3.8, 4) is 0 Å². The number of aromatic nitrogens is 2. The molecule has 1 aliphatic heterocycles. The zero-order valence-corrected chi connectivity index (χ0v) is 10.8.